The molecule has 2 aliphatic rings. The zero-order chi connectivity index (χ0) is 19.3. The van der Waals surface area contributed by atoms with Gasteiger partial charge in [0.25, 0.3) is 0 Å². The molecule has 1 unspecified atom stereocenters. The summed E-state index contributed by atoms with van der Waals surface area (Å²) in [4.78, 5) is 24.9. The molecule has 0 radical (unpaired) electrons. The van der Waals surface area contributed by atoms with Crippen molar-refractivity contribution in [2.24, 2.45) is 4.99 Å². The summed E-state index contributed by atoms with van der Waals surface area (Å²) in [7, 11) is 0. The maximum absolute atomic E-state index is 11.7. The van der Waals surface area contributed by atoms with Gasteiger partial charge in [0.2, 0.25) is 11.9 Å². The number of anilines is 1. The Bertz CT molecular complexity index is 926. The van der Waals surface area contributed by atoms with E-state index in [0.717, 1.165) is 41.3 Å². The summed E-state index contributed by atoms with van der Waals surface area (Å²) in [6.07, 6.45) is 6.53. The molecule has 2 aliphatic heterocycles. The molecular formula is C20H22N6OS. The lowest BCUT2D eigenvalue weighted by molar-refractivity contribution is -0.127. The highest BCUT2D eigenvalue weighted by Crippen LogP contribution is 2.31. The minimum Gasteiger partial charge on any atom is -0.356 e. The molecule has 8 heteroatoms. The number of carbonyl (C=O) groups excluding carboxylic acids is 1. The Hall–Kier alpha value is -2.92. The molecule has 3 heterocycles. The SMILES string of the molecule is N#CCC1C=CN=C(NCCCN2CCCC2=O)N1c1nc2ccccc2s1. The first-order valence-electron chi connectivity index (χ1n) is 9.54. The summed E-state index contributed by atoms with van der Waals surface area (Å²) in [5, 5.41) is 13.5. The number of nitriles is 1. The van der Waals surface area contributed by atoms with Gasteiger partial charge in [-0.2, -0.15) is 5.26 Å². The molecule has 2 aromatic rings. The molecule has 0 aliphatic carbocycles. The quantitative estimate of drug-likeness (QED) is 0.762. The molecule has 1 fully saturated rings. The van der Waals surface area contributed by atoms with Crippen LogP contribution in [0.15, 0.2) is 41.5 Å². The van der Waals surface area contributed by atoms with Crippen molar-refractivity contribution >= 4 is 38.6 Å². The van der Waals surface area contributed by atoms with E-state index >= 15 is 0 Å². The predicted molar refractivity (Wildman–Crippen MR) is 111 cm³/mol. The maximum atomic E-state index is 11.7. The number of aliphatic imine (C=N–C) groups is 1. The third-order valence-corrected chi connectivity index (χ3v) is 5.95. The van der Waals surface area contributed by atoms with E-state index in [9.17, 15) is 10.1 Å². The molecular weight excluding hydrogens is 372 g/mol. The molecule has 0 bridgehead atoms. The lowest BCUT2D eigenvalue weighted by Crippen LogP contribution is -2.48. The fourth-order valence-corrected chi connectivity index (χ4v) is 4.53. The van der Waals surface area contributed by atoms with Crippen LogP contribution in [0, 0.1) is 11.3 Å². The third kappa shape index (κ3) is 3.85. The maximum Gasteiger partial charge on any atom is 0.222 e. The number of guanidine groups is 1. The van der Waals surface area contributed by atoms with Gasteiger partial charge in [0, 0.05) is 32.3 Å². The van der Waals surface area contributed by atoms with Crippen molar-refractivity contribution in [2.45, 2.75) is 31.7 Å². The molecule has 0 saturated carbocycles. The third-order valence-electron chi connectivity index (χ3n) is 4.91. The number of fused-ring (bicyclic) bond motifs is 1. The topological polar surface area (TPSA) is 84.6 Å². The van der Waals surface area contributed by atoms with E-state index in [2.05, 4.69) is 16.4 Å². The number of nitrogens with zero attached hydrogens (tertiary/aromatic N) is 5. The first-order chi connectivity index (χ1) is 13.8. The monoisotopic (exact) mass is 394 g/mol. The Morgan fingerprint density at radius 3 is 3.04 bits per heavy atom. The van der Waals surface area contributed by atoms with Crippen molar-refractivity contribution in [3.05, 3.63) is 36.5 Å². The zero-order valence-corrected chi connectivity index (χ0v) is 16.4. The number of rotatable bonds is 6. The van der Waals surface area contributed by atoms with Gasteiger partial charge in [-0.1, -0.05) is 23.5 Å². The number of hydrogen-bond acceptors (Lipinski definition) is 7. The summed E-state index contributed by atoms with van der Waals surface area (Å²) in [5.41, 5.74) is 0.944. The molecule has 1 N–H and O–H groups in total. The predicted octanol–water partition coefficient (Wildman–Crippen LogP) is 2.87. The van der Waals surface area contributed by atoms with Crippen LogP contribution in [0.25, 0.3) is 10.2 Å². The standard InChI is InChI=1S/C20H22N6OS/c21-10-8-15-9-12-23-19(22-11-4-14-25-13-3-7-18(25)27)26(15)20-24-16-5-1-2-6-17(16)28-20/h1-2,5-6,9,12,15H,3-4,7-8,11,13-14H2,(H,22,23). The van der Waals surface area contributed by atoms with Gasteiger partial charge in [-0.15, -0.1) is 0 Å². The van der Waals surface area contributed by atoms with Crippen molar-refractivity contribution in [1.29, 1.82) is 5.26 Å². The van der Waals surface area contributed by atoms with Crippen LogP contribution in [0.4, 0.5) is 5.13 Å². The Morgan fingerprint density at radius 2 is 2.25 bits per heavy atom. The highest BCUT2D eigenvalue weighted by Gasteiger charge is 2.27. The number of carbonyl (C=O) groups is 1. The van der Waals surface area contributed by atoms with Gasteiger partial charge < -0.3 is 10.2 Å². The number of aromatic nitrogens is 1. The molecule has 4 rings (SSSR count). The molecule has 28 heavy (non-hydrogen) atoms. The van der Waals surface area contributed by atoms with E-state index in [1.165, 1.54) is 0 Å². The molecule has 1 aromatic heterocycles. The largest absolute Gasteiger partial charge is 0.356 e. The number of hydrogen-bond donors (Lipinski definition) is 1. The van der Waals surface area contributed by atoms with Crippen molar-refractivity contribution in [1.82, 2.24) is 15.2 Å². The number of thiazole rings is 1. The molecule has 1 atom stereocenters. The van der Waals surface area contributed by atoms with E-state index in [4.69, 9.17) is 4.98 Å². The number of para-hydroxylation sites is 1. The first-order valence-corrected chi connectivity index (χ1v) is 10.4. The second kappa shape index (κ2) is 8.40. The van der Waals surface area contributed by atoms with Crippen LogP contribution in [0.5, 0.6) is 0 Å². The van der Waals surface area contributed by atoms with E-state index in [0.29, 0.717) is 25.3 Å². The Kier molecular flexibility index (Phi) is 5.53. The summed E-state index contributed by atoms with van der Waals surface area (Å²) in [6.45, 7) is 2.33. The summed E-state index contributed by atoms with van der Waals surface area (Å²) >= 11 is 1.59. The zero-order valence-electron chi connectivity index (χ0n) is 15.5. The molecule has 144 valence electrons. The van der Waals surface area contributed by atoms with Crippen LogP contribution >= 0.6 is 11.3 Å². The fraction of sp³-hybridized carbons (Fsp3) is 0.400. The van der Waals surface area contributed by atoms with Gasteiger partial charge >= 0.3 is 0 Å². The van der Waals surface area contributed by atoms with Crippen LogP contribution in [0.3, 0.4) is 0 Å². The number of benzene rings is 1. The number of nitrogens with one attached hydrogen (secondary N) is 1. The average molecular weight is 395 g/mol. The fourth-order valence-electron chi connectivity index (χ4n) is 3.51. The van der Waals surface area contributed by atoms with Gasteiger partial charge in [0.05, 0.1) is 28.7 Å². The highest BCUT2D eigenvalue weighted by atomic mass is 32.1. The van der Waals surface area contributed by atoms with Crippen LogP contribution < -0.4 is 10.2 Å². The summed E-state index contributed by atoms with van der Waals surface area (Å²) in [5.74, 6) is 0.956. The molecule has 1 aromatic carbocycles. The van der Waals surface area contributed by atoms with E-state index < -0.39 is 0 Å². The minimum absolute atomic E-state index is 0.106. The molecule has 0 spiro atoms. The second-order valence-electron chi connectivity index (χ2n) is 6.82. The van der Waals surface area contributed by atoms with Crippen molar-refractivity contribution in [2.75, 3.05) is 24.5 Å². The lowest BCUT2D eigenvalue weighted by Gasteiger charge is -2.31. The number of likely N-dealkylation sites (tertiary alicyclic amines) is 1. The second-order valence-corrected chi connectivity index (χ2v) is 7.83. The van der Waals surface area contributed by atoms with E-state index in [1.54, 1.807) is 17.5 Å². The Balaban J connectivity index is 1.47. The Morgan fingerprint density at radius 1 is 1.36 bits per heavy atom. The smallest absolute Gasteiger partial charge is 0.222 e. The average Bonchev–Trinajstić information content (AvgIpc) is 3.31. The van der Waals surface area contributed by atoms with Gasteiger partial charge in [-0.05, 0) is 31.1 Å². The van der Waals surface area contributed by atoms with Crippen molar-refractivity contribution < 1.29 is 4.79 Å². The lowest BCUT2D eigenvalue weighted by atomic mass is 10.2. The molecule has 1 saturated heterocycles. The van der Waals surface area contributed by atoms with Crippen LogP contribution in [0.2, 0.25) is 0 Å². The normalized spacial score (nSPS) is 19.2. The van der Waals surface area contributed by atoms with Crippen LogP contribution in [-0.4, -0.2) is 47.4 Å². The highest BCUT2D eigenvalue weighted by molar-refractivity contribution is 7.22. The van der Waals surface area contributed by atoms with Gasteiger partial charge in [0.15, 0.2) is 5.13 Å². The van der Waals surface area contributed by atoms with Gasteiger partial charge in [-0.3, -0.25) is 9.69 Å². The minimum atomic E-state index is -0.106. The molecule has 7 nitrogen and oxygen atoms in total. The first kappa shape index (κ1) is 18.4. The van der Waals surface area contributed by atoms with Crippen LogP contribution in [0.1, 0.15) is 25.7 Å². The van der Waals surface area contributed by atoms with Gasteiger partial charge in [-0.25, -0.2) is 9.98 Å². The number of amides is 1. The van der Waals surface area contributed by atoms with Gasteiger partial charge in [0.1, 0.15) is 0 Å². The van der Waals surface area contributed by atoms with Crippen molar-refractivity contribution in [3.8, 4) is 6.07 Å². The van der Waals surface area contributed by atoms with Crippen LogP contribution in [-0.2, 0) is 4.79 Å². The Labute approximate surface area is 168 Å². The van der Waals surface area contributed by atoms with E-state index in [-0.39, 0.29) is 11.9 Å². The summed E-state index contributed by atoms with van der Waals surface area (Å²) in [6, 6.07) is 10.2. The molecule has 1 amide bonds. The summed E-state index contributed by atoms with van der Waals surface area (Å²) < 4.78 is 1.11. The van der Waals surface area contributed by atoms with E-state index in [1.807, 2.05) is 40.1 Å². The van der Waals surface area contributed by atoms with Crippen molar-refractivity contribution in [3.63, 3.8) is 0 Å².